The van der Waals surface area contributed by atoms with E-state index in [1.165, 1.54) is 18.3 Å². The molecule has 94 valence electrons. The number of nitrogens with zero attached hydrogens (tertiary/aromatic N) is 2. The summed E-state index contributed by atoms with van der Waals surface area (Å²) in [5, 5.41) is 12.0. The zero-order valence-corrected chi connectivity index (χ0v) is 10.8. The topological polar surface area (TPSA) is 75.0 Å². The Bertz CT molecular complexity index is 521. The van der Waals surface area contributed by atoms with Crippen molar-refractivity contribution in [1.29, 1.82) is 5.26 Å². The second-order valence-corrected chi connectivity index (χ2v) is 3.56. The molecule has 0 aliphatic carbocycles. The second kappa shape index (κ2) is 6.62. The van der Waals surface area contributed by atoms with Crippen LogP contribution in [0.3, 0.4) is 0 Å². The summed E-state index contributed by atoms with van der Waals surface area (Å²) in [6, 6.07) is 1.99. The standard InChI is InChI=1S/C12H12ClN3O2/c1-3-18-10(17)5-4-9-11(15-2)8(6-14)7-16-12(9)13/h4-5,7H,3H2,1-2H3,(H,15,16)/b5-4+. The van der Waals surface area contributed by atoms with Crippen molar-refractivity contribution in [2.75, 3.05) is 19.0 Å². The molecule has 0 atom stereocenters. The van der Waals surface area contributed by atoms with E-state index in [2.05, 4.69) is 10.3 Å². The highest BCUT2D eigenvalue weighted by Gasteiger charge is 2.10. The van der Waals surface area contributed by atoms with E-state index in [0.717, 1.165) is 0 Å². The highest BCUT2D eigenvalue weighted by Crippen LogP contribution is 2.26. The lowest BCUT2D eigenvalue weighted by molar-refractivity contribution is -0.137. The van der Waals surface area contributed by atoms with E-state index >= 15 is 0 Å². The summed E-state index contributed by atoms with van der Waals surface area (Å²) >= 11 is 5.93. The zero-order chi connectivity index (χ0) is 13.5. The fourth-order valence-corrected chi connectivity index (χ4v) is 1.56. The second-order valence-electron chi connectivity index (χ2n) is 3.20. The summed E-state index contributed by atoms with van der Waals surface area (Å²) in [6.45, 7) is 2.02. The summed E-state index contributed by atoms with van der Waals surface area (Å²) in [6.07, 6.45) is 4.09. The molecular formula is C12H12ClN3O2. The highest BCUT2D eigenvalue weighted by atomic mass is 35.5. The number of hydrogen-bond donors (Lipinski definition) is 1. The number of carbonyl (C=O) groups excluding carboxylic acids is 1. The summed E-state index contributed by atoms with van der Waals surface area (Å²) in [5.41, 5.74) is 1.36. The molecule has 0 amide bonds. The van der Waals surface area contributed by atoms with Gasteiger partial charge >= 0.3 is 5.97 Å². The summed E-state index contributed by atoms with van der Waals surface area (Å²) in [4.78, 5) is 15.1. The van der Waals surface area contributed by atoms with Gasteiger partial charge in [0.2, 0.25) is 0 Å². The summed E-state index contributed by atoms with van der Waals surface area (Å²) in [5.74, 6) is -0.474. The predicted molar refractivity (Wildman–Crippen MR) is 69.2 cm³/mol. The van der Waals surface area contributed by atoms with Crippen LogP contribution in [0.5, 0.6) is 0 Å². The Kier molecular flexibility index (Phi) is 5.15. The molecule has 5 nitrogen and oxygen atoms in total. The SMILES string of the molecule is CCOC(=O)/C=C/c1c(Cl)ncc(C#N)c1NC. The Morgan fingerprint density at radius 3 is 3.00 bits per heavy atom. The molecule has 1 heterocycles. The van der Waals surface area contributed by atoms with Crippen molar-refractivity contribution < 1.29 is 9.53 Å². The van der Waals surface area contributed by atoms with Crippen molar-refractivity contribution in [2.45, 2.75) is 6.92 Å². The van der Waals surface area contributed by atoms with Crippen molar-refractivity contribution >= 4 is 29.3 Å². The predicted octanol–water partition coefficient (Wildman–Crippen LogP) is 2.22. The molecule has 18 heavy (non-hydrogen) atoms. The van der Waals surface area contributed by atoms with Gasteiger partial charge in [-0.1, -0.05) is 11.6 Å². The molecule has 0 unspecified atom stereocenters. The van der Waals surface area contributed by atoms with Gasteiger partial charge in [0.25, 0.3) is 0 Å². The van der Waals surface area contributed by atoms with Crippen molar-refractivity contribution in [3.05, 3.63) is 28.6 Å². The van der Waals surface area contributed by atoms with Crippen molar-refractivity contribution in [3.8, 4) is 6.07 Å². The molecule has 1 rings (SSSR count). The first-order chi connectivity index (χ1) is 8.63. The number of nitrogens with one attached hydrogen (secondary N) is 1. The maximum atomic E-state index is 11.2. The van der Waals surface area contributed by atoms with E-state index in [4.69, 9.17) is 21.6 Å². The minimum absolute atomic E-state index is 0.207. The van der Waals surface area contributed by atoms with E-state index in [-0.39, 0.29) is 5.15 Å². The van der Waals surface area contributed by atoms with Crippen molar-refractivity contribution in [3.63, 3.8) is 0 Å². The minimum atomic E-state index is -0.474. The van der Waals surface area contributed by atoms with Gasteiger partial charge in [-0.2, -0.15) is 5.26 Å². The van der Waals surface area contributed by atoms with Gasteiger partial charge in [-0.15, -0.1) is 0 Å². The number of carbonyl (C=O) groups is 1. The van der Waals surface area contributed by atoms with Gasteiger partial charge in [-0.3, -0.25) is 0 Å². The first-order valence-electron chi connectivity index (χ1n) is 5.25. The van der Waals surface area contributed by atoms with E-state index in [9.17, 15) is 4.79 Å². The Morgan fingerprint density at radius 2 is 2.44 bits per heavy atom. The van der Waals surface area contributed by atoms with E-state index in [1.54, 1.807) is 14.0 Å². The lowest BCUT2D eigenvalue weighted by atomic mass is 10.1. The number of rotatable bonds is 4. The van der Waals surface area contributed by atoms with Crippen LogP contribution in [0, 0.1) is 11.3 Å². The van der Waals surface area contributed by atoms with Crippen LogP contribution < -0.4 is 5.32 Å². The van der Waals surface area contributed by atoms with Crippen LogP contribution in [0.25, 0.3) is 6.08 Å². The minimum Gasteiger partial charge on any atom is -0.463 e. The molecule has 0 radical (unpaired) electrons. The average molecular weight is 266 g/mol. The third-order valence-corrected chi connectivity index (χ3v) is 2.41. The quantitative estimate of drug-likeness (QED) is 0.513. The Morgan fingerprint density at radius 1 is 1.72 bits per heavy atom. The van der Waals surface area contributed by atoms with Gasteiger partial charge < -0.3 is 10.1 Å². The van der Waals surface area contributed by atoms with Crippen LogP contribution in [0.15, 0.2) is 12.3 Å². The van der Waals surface area contributed by atoms with E-state index in [1.807, 2.05) is 6.07 Å². The van der Waals surface area contributed by atoms with Gasteiger partial charge in [0.05, 0.1) is 17.9 Å². The van der Waals surface area contributed by atoms with Crippen LogP contribution >= 0.6 is 11.6 Å². The van der Waals surface area contributed by atoms with Crippen LogP contribution in [0.1, 0.15) is 18.1 Å². The first-order valence-corrected chi connectivity index (χ1v) is 5.63. The van der Waals surface area contributed by atoms with Crippen LogP contribution in [0.2, 0.25) is 5.15 Å². The third kappa shape index (κ3) is 3.22. The number of ether oxygens (including phenoxy) is 1. The van der Waals surface area contributed by atoms with Crippen LogP contribution in [0.4, 0.5) is 5.69 Å². The zero-order valence-electron chi connectivity index (χ0n) is 10.0. The molecule has 0 saturated heterocycles. The summed E-state index contributed by atoms with van der Waals surface area (Å²) < 4.78 is 4.76. The molecule has 0 bridgehead atoms. The fraction of sp³-hybridized carbons (Fsp3) is 0.250. The number of esters is 1. The molecule has 1 aromatic heterocycles. The normalized spacial score (nSPS) is 10.1. The van der Waals surface area contributed by atoms with Gasteiger partial charge in [0.15, 0.2) is 0 Å². The molecule has 1 aromatic rings. The number of hydrogen-bond acceptors (Lipinski definition) is 5. The number of anilines is 1. The van der Waals surface area contributed by atoms with E-state index in [0.29, 0.717) is 23.4 Å². The Balaban J connectivity index is 3.15. The molecule has 0 aromatic carbocycles. The molecule has 0 saturated carbocycles. The third-order valence-electron chi connectivity index (χ3n) is 2.11. The molecule has 6 heteroatoms. The Labute approximate surface area is 110 Å². The lowest BCUT2D eigenvalue weighted by Crippen LogP contribution is -2.01. The van der Waals surface area contributed by atoms with Gasteiger partial charge in [0.1, 0.15) is 11.2 Å². The Hall–Kier alpha value is -2.06. The highest BCUT2D eigenvalue weighted by molar-refractivity contribution is 6.31. The van der Waals surface area contributed by atoms with Gasteiger partial charge in [-0.25, -0.2) is 9.78 Å². The van der Waals surface area contributed by atoms with Crippen LogP contribution in [-0.2, 0) is 9.53 Å². The number of pyridine rings is 1. The number of nitriles is 1. The molecular weight excluding hydrogens is 254 g/mol. The maximum Gasteiger partial charge on any atom is 0.330 e. The maximum absolute atomic E-state index is 11.2. The van der Waals surface area contributed by atoms with Crippen LogP contribution in [-0.4, -0.2) is 24.6 Å². The van der Waals surface area contributed by atoms with E-state index < -0.39 is 5.97 Å². The van der Waals surface area contributed by atoms with Gasteiger partial charge in [0, 0.05) is 24.9 Å². The molecule has 1 N–H and O–H groups in total. The molecule has 0 spiro atoms. The van der Waals surface area contributed by atoms with Crippen molar-refractivity contribution in [1.82, 2.24) is 4.98 Å². The number of halogens is 1. The molecule has 0 fully saturated rings. The van der Waals surface area contributed by atoms with Crippen molar-refractivity contribution in [2.24, 2.45) is 0 Å². The lowest BCUT2D eigenvalue weighted by Gasteiger charge is -2.08. The monoisotopic (exact) mass is 265 g/mol. The molecule has 0 aliphatic rings. The number of aromatic nitrogens is 1. The fourth-order valence-electron chi connectivity index (χ4n) is 1.35. The first kappa shape index (κ1) is 14.0. The summed E-state index contributed by atoms with van der Waals surface area (Å²) in [7, 11) is 1.66. The largest absolute Gasteiger partial charge is 0.463 e. The van der Waals surface area contributed by atoms with Gasteiger partial charge in [-0.05, 0) is 13.0 Å². The smallest absolute Gasteiger partial charge is 0.330 e. The average Bonchev–Trinajstić information content (AvgIpc) is 2.37. The molecule has 0 aliphatic heterocycles.